The third-order valence-electron chi connectivity index (χ3n) is 6.70. The zero-order valence-electron chi connectivity index (χ0n) is 21.3. The fourth-order valence-corrected chi connectivity index (χ4v) is 8.37. The molecule has 0 radical (unpaired) electrons. The van der Waals surface area contributed by atoms with E-state index in [1.54, 1.807) is 0 Å². The van der Waals surface area contributed by atoms with E-state index in [0.717, 1.165) is 34.7 Å². The first kappa shape index (κ1) is 27.4. The zero-order valence-corrected chi connectivity index (χ0v) is 22.3. The van der Waals surface area contributed by atoms with Gasteiger partial charge in [0.1, 0.15) is 38.9 Å². The molecule has 0 aliphatic heterocycles. The van der Waals surface area contributed by atoms with Crippen molar-refractivity contribution in [2.45, 2.75) is 72.8 Å². The minimum Gasteiger partial charge on any atom is -0.491 e. The Kier molecular flexibility index (Phi) is 9.55. The van der Waals surface area contributed by atoms with Crippen LogP contribution in [-0.2, 0) is 0 Å². The summed E-state index contributed by atoms with van der Waals surface area (Å²) >= 11 is 0. The fourth-order valence-electron chi connectivity index (χ4n) is 4.11. The SMILES string of the molecule is CC[Si](CC)(c1ccc(OC[C@@H](O)CO)c(C)c1)c1ccc(OC[C@@H](O)C(C)(C)C)c(C)c1. The maximum absolute atomic E-state index is 10.3. The van der Waals surface area contributed by atoms with Crippen LogP contribution in [0.25, 0.3) is 0 Å². The first-order valence-corrected chi connectivity index (χ1v) is 14.3. The third-order valence-corrected chi connectivity index (χ3v) is 11.9. The second-order valence-corrected chi connectivity index (χ2v) is 14.8. The maximum Gasteiger partial charge on any atom is 0.122 e. The Bertz CT molecular complexity index is 902. The lowest BCUT2D eigenvalue weighted by atomic mass is 9.90. The minimum absolute atomic E-state index is 0.0748. The summed E-state index contributed by atoms with van der Waals surface area (Å²) in [6.45, 7) is 14.7. The molecule has 0 fully saturated rings. The maximum atomic E-state index is 10.3. The number of benzene rings is 2. The van der Waals surface area contributed by atoms with E-state index in [1.165, 1.54) is 10.4 Å². The Morgan fingerprint density at radius 2 is 1.27 bits per heavy atom. The molecule has 0 aromatic heterocycles. The first-order valence-electron chi connectivity index (χ1n) is 11.9. The zero-order chi connectivity index (χ0) is 24.8. The second kappa shape index (κ2) is 11.5. The van der Waals surface area contributed by atoms with Crippen LogP contribution < -0.4 is 19.8 Å². The summed E-state index contributed by atoms with van der Waals surface area (Å²) in [6.07, 6.45) is -1.41. The molecule has 0 heterocycles. The highest BCUT2D eigenvalue weighted by atomic mass is 28.3. The van der Waals surface area contributed by atoms with Crippen molar-refractivity contribution in [2.75, 3.05) is 19.8 Å². The Balaban J connectivity index is 2.31. The molecule has 0 saturated carbocycles. The molecule has 2 aromatic carbocycles. The van der Waals surface area contributed by atoms with Gasteiger partial charge < -0.3 is 24.8 Å². The molecule has 5 nitrogen and oxygen atoms in total. The standard InChI is InChI=1S/C27H42O5Si/c1-8-33(9-2,22-10-12-24(19(3)14-22)31-17-21(29)16-28)23-11-13-25(20(4)15-23)32-18-26(30)27(5,6)7/h10-15,21,26,28-30H,8-9,16-18H2,1-7H3/t21-,26+/m0/s1. The Morgan fingerprint density at radius 3 is 1.64 bits per heavy atom. The molecular formula is C27H42O5Si. The van der Waals surface area contributed by atoms with E-state index in [0.29, 0.717) is 0 Å². The number of hydrogen-bond acceptors (Lipinski definition) is 5. The van der Waals surface area contributed by atoms with E-state index < -0.39 is 20.3 Å². The van der Waals surface area contributed by atoms with Crippen molar-refractivity contribution in [1.29, 1.82) is 0 Å². The van der Waals surface area contributed by atoms with Crippen LogP contribution in [0, 0.1) is 19.3 Å². The molecule has 0 spiro atoms. The van der Waals surface area contributed by atoms with Gasteiger partial charge in [-0.05, 0) is 42.5 Å². The molecule has 0 aliphatic carbocycles. The molecule has 0 bridgehead atoms. The topological polar surface area (TPSA) is 79.2 Å². The van der Waals surface area contributed by atoms with Crippen LogP contribution in [0.5, 0.6) is 11.5 Å². The summed E-state index contributed by atoms with van der Waals surface area (Å²) in [6, 6.07) is 15.0. The highest BCUT2D eigenvalue weighted by Crippen LogP contribution is 2.25. The summed E-state index contributed by atoms with van der Waals surface area (Å²) < 4.78 is 11.7. The van der Waals surface area contributed by atoms with Gasteiger partial charge in [0.15, 0.2) is 0 Å². The van der Waals surface area contributed by atoms with Crippen molar-refractivity contribution in [3.05, 3.63) is 47.5 Å². The number of rotatable bonds is 11. The lowest BCUT2D eigenvalue weighted by Crippen LogP contribution is -2.57. The smallest absolute Gasteiger partial charge is 0.122 e. The van der Waals surface area contributed by atoms with Gasteiger partial charge in [-0.25, -0.2) is 0 Å². The van der Waals surface area contributed by atoms with Crippen molar-refractivity contribution < 1.29 is 24.8 Å². The predicted molar refractivity (Wildman–Crippen MR) is 138 cm³/mol. The molecule has 0 saturated heterocycles. The number of aliphatic hydroxyl groups excluding tert-OH is 3. The Labute approximate surface area is 200 Å². The Morgan fingerprint density at radius 1 is 0.818 bits per heavy atom. The lowest BCUT2D eigenvalue weighted by Gasteiger charge is -2.32. The number of ether oxygens (including phenoxy) is 2. The highest BCUT2D eigenvalue weighted by Gasteiger charge is 2.34. The predicted octanol–water partition coefficient (Wildman–Crippen LogP) is 3.42. The van der Waals surface area contributed by atoms with Crippen LogP contribution in [0.1, 0.15) is 45.7 Å². The summed E-state index contributed by atoms with van der Waals surface area (Å²) in [7, 11) is -1.98. The van der Waals surface area contributed by atoms with E-state index in [4.69, 9.17) is 14.6 Å². The number of aliphatic hydroxyl groups is 3. The molecule has 2 atom stereocenters. The number of hydrogen-bond donors (Lipinski definition) is 3. The van der Waals surface area contributed by atoms with Gasteiger partial charge in [0.25, 0.3) is 0 Å². The molecule has 0 aliphatic rings. The van der Waals surface area contributed by atoms with Gasteiger partial charge in [0, 0.05) is 0 Å². The molecule has 2 aromatic rings. The minimum atomic E-state index is -1.98. The summed E-state index contributed by atoms with van der Waals surface area (Å²) in [4.78, 5) is 0. The lowest BCUT2D eigenvalue weighted by molar-refractivity contribution is 0.0216. The quantitative estimate of drug-likeness (QED) is 0.435. The fraction of sp³-hybridized carbons (Fsp3) is 0.556. The first-order chi connectivity index (χ1) is 15.5. The van der Waals surface area contributed by atoms with Crippen LogP contribution in [0.15, 0.2) is 36.4 Å². The van der Waals surface area contributed by atoms with Crippen molar-refractivity contribution in [1.82, 2.24) is 0 Å². The van der Waals surface area contributed by atoms with E-state index in [9.17, 15) is 10.2 Å². The third kappa shape index (κ3) is 6.60. The van der Waals surface area contributed by atoms with Crippen molar-refractivity contribution >= 4 is 18.4 Å². The van der Waals surface area contributed by atoms with Gasteiger partial charge in [-0.3, -0.25) is 0 Å². The molecule has 184 valence electrons. The molecule has 33 heavy (non-hydrogen) atoms. The van der Waals surface area contributed by atoms with Gasteiger partial charge in [0.05, 0.1) is 12.7 Å². The molecule has 2 rings (SSSR count). The van der Waals surface area contributed by atoms with E-state index in [1.807, 2.05) is 39.8 Å². The van der Waals surface area contributed by atoms with E-state index in [2.05, 4.69) is 45.0 Å². The van der Waals surface area contributed by atoms with Gasteiger partial charge in [-0.1, -0.05) is 81.3 Å². The van der Waals surface area contributed by atoms with Crippen LogP contribution in [-0.4, -0.2) is 55.4 Å². The van der Waals surface area contributed by atoms with Crippen LogP contribution in [0.3, 0.4) is 0 Å². The molecule has 0 amide bonds. The molecular weight excluding hydrogens is 432 g/mol. The van der Waals surface area contributed by atoms with Crippen molar-refractivity contribution in [3.63, 3.8) is 0 Å². The summed E-state index contributed by atoms with van der Waals surface area (Å²) in [5.41, 5.74) is 1.90. The van der Waals surface area contributed by atoms with Gasteiger partial charge in [-0.15, -0.1) is 0 Å². The van der Waals surface area contributed by atoms with Gasteiger partial charge in [0.2, 0.25) is 0 Å². The Hall–Kier alpha value is -1.86. The summed E-state index contributed by atoms with van der Waals surface area (Å²) in [5, 5.41) is 31.7. The van der Waals surface area contributed by atoms with Crippen molar-refractivity contribution in [3.8, 4) is 11.5 Å². The van der Waals surface area contributed by atoms with Gasteiger partial charge >= 0.3 is 0 Å². The van der Waals surface area contributed by atoms with Crippen LogP contribution in [0.4, 0.5) is 0 Å². The molecule has 6 heteroatoms. The second-order valence-electron chi connectivity index (χ2n) is 10.1. The van der Waals surface area contributed by atoms with E-state index in [-0.39, 0.29) is 25.2 Å². The van der Waals surface area contributed by atoms with Crippen molar-refractivity contribution in [2.24, 2.45) is 5.41 Å². The van der Waals surface area contributed by atoms with Crippen LogP contribution in [0.2, 0.25) is 12.1 Å². The molecule has 3 N–H and O–H groups in total. The van der Waals surface area contributed by atoms with Crippen LogP contribution >= 0.6 is 0 Å². The average Bonchev–Trinajstić information content (AvgIpc) is 2.78. The molecule has 0 unspecified atom stereocenters. The summed E-state index contributed by atoms with van der Waals surface area (Å²) in [5.74, 6) is 1.55. The largest absolute Gasteiger partial charge is 0.491 e. The number of aryl methyl sites for hydroxylation is 2. The van der Waals surface area contributed by atoms with E-state index >= 15 is 0 Å². The normalized spacial score (nSPS) is 14.1. The average molecular weight is 475 g/mol. The monoisotopic (exact) mass is 474 g/mol. The highest BCUT2D eigenvalue weighted by molar-refractivity contribution is 7.02. The van der Waals surface area contributed by atoms with Gasteiger partial charge in [-0.2, -0.15) is 0 Å².